The third-order valence-corrected chi connectivity index (χ3v) is 3.76. The number of benzene rings is 2. The Morgan fingerprint density at radius 1 is 1.20 bits per heavy atom. The van der Waals surface area contributed by atoms with E-state index in [4.69, 9.17) is 15.9 Å². The lowest BCUT2D eigenvalue weighted by molar-refractivity contribution is 0.0864. The molecule has 2 aromatic carbocycles. The van der Waals surface area contributed by atoms with Crippen molar-refractivity contribution in [2.75, 3.05) is 7.05 Å². The van der Waals surface area contributed by atoms with Gasteiger partial charge in [-0.25, -0.2) is 0 Å². The van der Waals surface area contributed by atoms with E-state index in [0.29, 0.717) is 18.1 Å². The predicted octanol–water partition coefficient (Wildman–Crippen LogP) is 3.13. The van der Waals surface area contributed by atoms with Crippen LogP contribution in [0.4, 0.5) is 0 Å². The maximum absolute atomic E-state index is 12.3. The number of H-pyrrole nitrogens is 1. The molecule has 0 bridgehead atoms. The number of guanidine groups is 1. The molecule has 6 nitrogen and oxygen atoms in total. The highest BCUT2D eigenvalue weighted by molar-refractivity contribution is 6.06. The van der Waals surface area contributed by atoms with Crippen molar-refractivity contribution < 1.29 is 9.53 Å². The molecular formula is C18H19ClN4O2. The summed E-state index contributed by atoms with van der Waals surface area (Å²) in [7, 11) is 1.46. The fraction of sp³-hybridized carbons (Fsp3) is 0.111. The van der Waals surface area contributed by atoms with E-state index in [-0.39, 0.29) is 24.3 Å². The van der Waals surface area contributed by atoms with Gasteiger partial charge in [0.1, 0.15) is 18.1 Å². The number of amides is 1. The second kappa shape index (κ2) is 7.72. The van der Waals surface area contributed by atoms with Gasteiger partial charge in [-0.05, 0) is 23.8 Å². The van der Waals surface area contributed by atoms with Crippen molar-refractivity contribution in [2.24, 2.45) is 5.73 Å². The largest absolute Gasteiger partial charge is 0.488 e. The molecule has 3 rings (SSSR count). The Morgan fingerprint density at radius 2 is 1.92 bits per heavy atom. The summed E-state index contributed by atoms with van der Waals surface area (Å²) in [4.78, 5) is 16.4. The second-order valence-electron chi connectivity index (χ2n) is 5.42. The van der Waals surface area contributed by atoms with Crippen LogP contribution in [-0.4, -0.2) is 28.8 Å². The van der Waals surface area contributed by atoms with Crippen LogP contribution < -0.4 is 10.5 Å². The normalized spacial score (nSPS) is 10.1. The van der Waals surface area contributed by atoms with Gasteiger partial charge >= 0.3 is 0 Å². The van der Waals surface area contributed by atoms with Gasteiger partial charge in [0.25, 0.3) is 5.91 Å². The van der Waals surface area contributed by atoms with Gasteiger partial charge < -0.3 is 15.5 Å². The van der Waals surface area contributed by atoms with Crippen LogP contribution in [-0.2, 0) is 6.61 Å². The summed E-state index contributed by atoms with van der Waals surface area (Å²) in [6, 6.07) is 17.2. The minimum absolute atomic E-state index is 0. The van der Waals surface area contributed by atoms with Crippen molar-refractivity contribution in [2.45, 2.75) is 6.61 Å². The number of hydrogen-bond acceptors (Lipinski definition) is 3. The minimum Gasteiger partial charge on any atom is -0.488 e. The van der Waals surface area contributed by atoms with Crippen LogP contribution in [0.1, 0.15) is 16.1 Å². The molecule has 1 amide bonds. The van der Waals surface area contributed by atoms with Crippen molar-refractivity contribution in [3.63, 3.8) is 0 Å². The van der Waals surface area contributed by atoms with E-state index in [1.54, 1.807) is 6.07 Å². The Kier molecular flexibility index (Phi) is 5.67. The molecule has 130 valence electrons. The first-order chi connectivity index (χ1) is 11.6. The molecule has 25 heavy (non-hydrogen) atoms. The van der Waals surface area contributed by atoms with E-state index in [0.717, 1.165) is 21.4 Å². The Bertz CT molecular complexity index is 892. The average molecular weight is 359 g/mol. The fourth-order valence-corrected chi connectivity index (χ4v) is 2.39. The summed E-state index contributed by atoms with van der Waals surface area (Å²) in [5, 5.41) is 8.18. The number of carbonyl (C=O) groups is 1. The van der Waals surface area contributed by atoms with Crippen molar-refractivity contribution in [3.8, 4) is 5.75 Å². The van der Waals surface area contributed by atoms with Gasteiger partial charge in [0.05, 0.1) is 0 Å². The van der Waals surface area contributed by atoms with Gasteiger partial charge in [-0.2, -0.15) is 0 Å². The molecule has 0 spiro atoms. The lowest BCUT2D eigenvalue weighted by Crippen LogP contribution is -2.38. The molecule has 0 atom stereocenters. The highest BCUT2D eigenvalue weighted by Gasteiger charge is 2.17. The van der Waals surface area contributed by atoms with E-state index in [9.17, 15) is 4.79 Å². The number of fused-ring (bicyclic) bond motifs is 1. The number of rotatable bonds is 4. The smallest absolute Gasteiger partial charge is 0.276 e. The van der Waals surface area contributed by atoms with Crippen LogP contribution in [0.25, 0.3) is 10.9 Å². The molecule has 0 unspecified atom stereocenters. The number of ether oxygens (including phenoxy) is 1. The number of nitrogens with zero attached hydrogens (tertiary/aromatic N) is 1. The Hall–Kier alpha value is -2.99. The van der Waals surface area contributed by atoms with Crippen LogP contribution in [0, 0.1) is 5.41 Å². The van der Waals surface area contributed by atoms with Crippen LogP contribution >= 0.6 is 12.4 Å². The summed E-state index contributed by atoms with van der Waals surface area (Å²) < 4.78 is 5.89. The third-order valence-electron chi connectivity index (χ3n) is 3.76. The van der Waals surface area contributed by atoms with Gasteiger partial charge in [0.15, 0.2) is 5.96 Å². The quantitative estimate of drug-likeness (QED) is 0.494. The summed E-state index contributed by atoms with van der Waals surface area (Å²) in [5.74, 6) is 0.0176. The van der Waals surface area contributed by atoms with E-state index >= 15 is 0 Å². The molecular weight excluding hydrogens is 340 g/mol. The number of halogens is 1. The third kappa shape index (κ3) is 3.92. The zero-order chi connectivity index (χ0) is 17.1. The van der Waals surface area contributed by atoms with Crippen molar-refractivity contribution >= 4 is 35.2 Å². The number of aromatic amines is 1. The van der Waals surface area contributed by atoms with E-state index in [2.05, 4.69) is 4.98 Å². The number of nitrogens with two attached hydrogens (primary N) is 1. The van der Waals surface area contributed by atoms with Crippen LogP contribution in [0.15, 0.2) is 54.6 Å². The lowest BCUT2D eigenvalue weighted by Gasteiger charge is -2.12. The summed E-state index contributed by atoms with van der Waals surface area (Å²) >= 11 is 0. The first kappa shape index (κ1) is 18.4. The summed E-state index contributed by atoms with van der Waals surface area (Å²) in [5.41, 5.74) is 7.58. The van der Waals surface area contributed by atoms with Gasteiger partial charge in [0.2, 0.25) is 0 Å². The molecule has 7 heteroatoms. The Labute approximate surface area is 151 Å². The molecule has 0 fully saturated rings. The zero-order valence-electron chi connectivity index (χ0n) is 13.7. The fourth-order valence-electron chi connectivity index (χ4n) is 2.39. The molecule has 0 radical (unpaired) electrons. The highest BCUT2D eigenvalue weighted by Crippen LogP contribution is 2.27. The summed E-state index contributed by atoms with van der Waals surface area (Å²) in [6.07, 6.45) is 0. The predicted molar refractivity (Wildman–Crippen MR) is 100 cm³/mol. The van der Waals surface area contributed by atoms with Gasteiger partial charge in [-0.15, -0.1) is 12.4 Å². The number of aromatic nitrogens is 1. The Balaban J connectivity index is 0.00000225. The van der Waals surface area contributed by atoms with Gasteiger partial charge in [-0.3, -0.25) is 15.1 Å². The molecule has 0 aliphatic carbocycles. The monoisotopic (exact) mass is 358 g/mol. The van der Waals surface area contributed by atoms with Crippen LogP contribution in [0.3, 0.4) is 0 Å². The average Bonchev–Trinajstić information content (AvgIpc) is 3.04. The molecule has 0 aliphatic rings. The minimum atomic E-state index is -0.368. The number of nitrogens with one attached hydrogen (secondary N) is 2. The highest BCUT2D eigenvalue weighted by atomic mass is 35.5. The maximum Gasteiger partial charge on any atom is 0.276 e. The molecule has 1 aromatic heterocycles. The zero-order valence-corrected chi connectivity index (χ0v) is 14.5. The first-order valence-corrected chi connectivity index (χ1v) is 7.47. The SMILES string of the molecule is CN(C(=N)N)C(=O)c1cc2c(OCc3ccccc3)cccc2[nH]1.Cl. The number of carbonyl (C=O) groups excluding carboxylic acids is 1. The van der Waals surface area contributed by atoms with E-state index in [1.165, 1.54) is 7.05 Å². The number of hydrogen-bond donors (Lipinski definition) is 3. The van der Waals surface area contributed by atoms with Crippen molar-refractivity contribution in [3.05, 3.63) is 65.9 Å². The van der Waals surface area contributed by atoms with Crippen molar-refractivity contribution in [1.29, 1.82) is 5.41 Å². The van der Waals surface area contributed by atoms with Gasteiger partial charge in [-0.1, -0.05) is 36.4 Å². The van der Waals surface area contributed by atoms with Crippen LogP contribution in [0.5, 0.6) is 5.75 Å². The standard InChI is InChI=1S/C18H18N4O2.ClH/c1-22(18(19)20)17(23)15-10-13-14(21-15)8-5-9-16(13)24-11-12-6-3-2-4-7-12;/h2-10,21H,11H2,1H3,(H3,19,20);1H. The van der Waals surface area contributed by atoms with Crippen molar-refractivity contribution in [1.82, 2.24) is 9.88 Å². The topological polar surface area (TPSA) is 95.2 Å². The molecule has 0 aliphatic heterocycles. The first-order valence-electron chi connectivity index (χ1n) is 7.47. The molecule has 4 N–H and O–H groups in total. The van der Waals surface area contributed by atoms with Crippen LogP contribution in [0.2, 0.25) is 0 Å². The molecule has 0 saturated carbocycles. The molecule has 3 aromatic rings. The molecule has 0 saturated heterocycles. The Morgan fingerprint density at radius 3 is 2.60 bits per heavy atom. The summed E-state index contributed by atoms with van der Waals surface area (Å²) in [6.45, 7) is 0.446. The van der Waals surface area contributed by atoms with E-state index < -0.39 is 0 Å². The lowest BCUT2D eigenvalue weighted by atomic mass is 10.2. The maximum atomic E-state index is 12.3. The van der Waals surface area contributed by atoms with E-state index in [1.807, 2.05) is 48.5 Å². The second-order valence-corrected chi connectivity index (χ2v) is 5.42. The van der Waals surface area contributed by atoms with Gasteiger partial charge in [0, 0.05) is 18.0 Å². The molecule has 1 heterocycles.